The fraction of sp³-hybridized carbons (Fsp3) is 0. The Kier molecular flexibility index (Phi) is 14.1. The quantitative estimate of drug-likeness (QED) is 0.193. The van der Waals surface area contributed by atoms with Crippen LogP contribution in [-0.4, -0.2) is 0 Å². The van der Waals surface area contributed by atoms with Gasteiger partial charge in [-0.05, 0) is 0 Å². The normalized spacial score (nSPS) is 11.0. The van der Waals surface area contributed by atoms with E-state index in [1.807, 2.05) is 0 Å². The van der Waals surface area contributed by atoms with E-state index in [4.69, 9.17) is 0 Å². The average molecular weight is 699 g/mol. The number of hydrogen-bond acceptors (Lipinski definition) is 6. The zero-order valence-corrected chi connectivity index (χ0v) is 28.9. The molecule has 0 spiro atoms. The molecule has 6 aromatic carbocycles. The van der Waals surface area contributed by atoms with E-state index in [9.17, 15) is 28.4 Å². The van der Waals surface area contributed by atoms with Gasteiger partial charge in [0.15, 0.2) is 0 Å². The Morgan fingerprint density at radius 3 is 0.478 bits per heavy atom. The summed E-state index contributed by atoms with van der Waals surface area (Å²) in [6.07, 6.45) is 0. The first-order chi connectivity index (χ1) is 21.6. The van der Waals surface area contributed by atoms with Crippen LogP contribution in [0.5, 0.6) is 0 Å². The molecule has 46 heavy (non-hydrogen) atoms. The molecule has 0 heterocycles. The molecule has 6 rings (SSSR count). The van der Waals surface area contributed by atoms with Crippen LogP contribution in [-0.2, 0) is 35.4 Å². The summed E-state index contributed by atoms with van der Waals surface area (Å²) in [5.41, 5.74) is 0. The second kappa shape index (κ2) is 17.5. The van der Waals surface area contributed by atoms with Crippen molar-refractivity contribution in [3.63, 3.8) is 0 Å². The molecule has 6 nitrogen and oxygen atoms in total. The first-order valence-corrected chi connectivity index (χ1v) is 18.8. The summed E-state index contributed by atoms with van der Waals surface area (Å²) in [5.74, 6) is 0. The minimum atomic E-state index is -3.65. The largest absolute Gasteiger partial charge is 3.00 e. The molecule has 0 aliphatic carbocycles. The Morgan fingerprint density at radius 1 is 0.261 bits per heavy atom. The summed E-state index contributed by atoms with van der Waals surface area (Å²) in [6.45, 7) is 0. The van der Waals surface area contributed by atoms with Crippen molar-refractivity contribution in [3.05, 3.63) is 182 Å². The first kappa shape index (κ1) is 37.1. The van der Waals surface area contributed by atoms with Gasteiger partial charge in [0.25, 0.3) is 0 Å². The predicted molar refractivity (Wildman–Crippen MR) is 179 cm³/mol. The van der Waals surface area contributed by atoms with Gasteiger partial charge in [0.05, 0.1) is 22.1 Å². The zero-order chi connectivity index (χ0) is 32.2. The predicted octanol–water partition coefficient (Wildman–Crippen LogP) is 3.82. The van der Waals surface area contributed by atoms with E-state index >= 15 is 0 Å². The van der Waals surface area contributed by atoms with Crippen LogP contribution in [0.3, 0.4) is 0 Å². The van der Waals surface area contributed by atoms with Crippen LogP contribution < -0.4 is 46.5 Å². The first-order valence-electron chi connectivity index (χ1n) is 13.9. The maximum Gasteiger partial charge on any atom is 3.00 e. The van der Waals surface area contributed by atoms with Crippen molar-refractivity contribution >= 4 is 53.9 Å². The van der Waals surface area contributed by atoms with Crippen molar-refractivity contribution in [1.29, 1.82) is 0 Å². The molecular weight excluding hydrogens is 669 g/mol. The van der Waals surface area contributed by atoms with Gasteiger partial charge >= 0.3 is 21.7 Å². The van der Waals surface area contributed by atoms with Gasteiger partial charge in [0.1, 0.15) is 0 Å². The minimum absolute atomic E-state index is 0. The van der Waals surface area contributed by atoms with Crippen LogP contribution in [0, 0.1) is 0 Å². The molecule has 0 fully saturated rings. The van der Waals surface area contributed by atoms with Crippen LogP contribution in [0.2, 0.25) is 0 Å². The zero-order valence-electron chi connectivity index (χ0n) is 24.6. The van der Waals surface area contributed by atoms with Gasteiger partial charge in [-0.1, -0.05) is 182 Å². The number of rotatable bonds is 6. The van der Waals surface area contributed by atoms with Gasteiger partial charge in [-0.3, -0.25) is 0 Å². The van der Waals surface area contributed by atoms with Crippen molar-refractivity contribution < 1.29 is 50.1 Å². The van der Waals surface area contributed by atoms with Crippen LogP contribution >= 0.6 is 22.1 Å². The molecule has 0 saturated heterocycles. The Morgan fingerprint density at radius 2 is 0.370 bits per heavy atom. The van der Waals surface area contributed by atoms with Crippen LogP contribution in [0.4, 0.5) is 0 Å². The molecule has 0 amide bonds. The van der Waals surface area contributed by atoms with Crippen molar-refractivity contribution in [2.45, 2.75) is 0 Å². The molecule has 0 aliphatic heterocycles. The number of benzene rings is 6. The molecular formula is C36H30O6P3Ti. The molecule has 229 valence electrons. The van der Waals surface area contributed by atoms with E-state index in [-0.39, 0.29) is 21.7 Å². The van der Waals surface area contributed by atoms with Crippen LogP contribution in [0.1, 0.15) is 0 Å². The number of hydrogen-bond donors (Lipinski definition) is 0. The third-order valence-electron chi connectivity index (χ3n) is 6.58. The smallest absolute Gasteiger partial charge is 0.793 e. The van der Waals surface area contributed by atoms with E-state index in [0.29, 0.717) is 31.8 Å². The monoisotopic (exact) mass is 699 g/mol. The van der Waals surface area contributed by atoms with Crippen LogP contribution in [0.25, 0.3) is 0 Å². The molecule has 0 aromatic heterocycles. The maximum absolute atomic E-state index is 12.1. The Hall–Kier alpha value is -3.40. The van der Waals surface area contributed by atoms with Gasteiger partial charge in [-0.25, -0.2) is 0 Å². The third kappa shape index (κ3) is 9.80. The van der Waals surface area contributed by atoms with E-state index in [1.54, 1.807) is 182 Å². The van der Waals surface area contributed by atoms with E-state index in [2.05, 4.69) is 0 Å². The summed E-state index contributed by atoms with van der Waals surface area (Å²) >= 11 is 0. The topological polar surface area (TPSA) is 120 Å². The van der Waals surface area contributed by atoms with Crippen molar-refractivity contribution in [2.24, 2.45) is 0 Å². The van der Waals surface area contributed by atoms with E-state index < -0.39 is 22.1 Å². The Labute approximate surface area is 284 Å². The third-order valence-corrected chi connectivity index (χ3v) is 12.4. The molecule has 0 aliphatic rings. The molecule has 6 aromatic rings. The molecule has 0 bridgehead atoms. The standard InChI is InChI=1S/3C12H11O2P.Ti/c3*13-15(14,11-7-3-1-4-8-11)12-9-5-2-6-10-12;/h3*1-10H,(H,13,14);/q;;;+3/p-3. The fourth-order valence-corrected chi connectivity index (χ4v) is 8.47. The van der Waals surface area contributed by atoms with Crippen LogP contribution in [0.15, 0.2) is 182 Å². The average Bonchev–Trinajstić information content (AvgIpc) is 3.11. The summed E-state index contributed by atoms with van der Waals surface area (Å²) in [4.78, 5) is 36.2. The molecule has 0 atom stereocenters. The minimum Gasteiger partial charge on any atom is -0.793 e. The summed E-state index contributed by atoms with van der Waals surface area (Å²) in [6, 6.07) is 50.8. The summed E-state index contributed by atoms with van der Waals surface area (Å²) in [5, 5.41) is 2.15. The van der Waals surface area contributed by atoms with Gasteiger partial charge in [0, 0.05) is 31.8 Å². The molecule has 0 N–H and O–H groups in total. The van der Waals surface area contributed by atoms with E-state index in [0.717, 1.165) is 0 Å². The Balaban J connectivity index is 0.000000186. The van der Waals surface area contributed by atoms with Gasteiger partial charge in [0.2, 0.25) is 0 Å². The van der Waals surface area contributed by atoms with Gasteiger partial charge < -0.3 is 28.4 Å². The molecule has 10 heteroatoms. The Bertz CT molecular complexity index is 1540. The van der Waals surface area contributed by atoms with E-state index in [1.165, 1.54) is 0 Å². The SMILES string of the molecule is O=P([O-])(c1ccccc1)c1ccccc1.O=P([O-])(c1ccccc1)c1ccccc1.O=P([O-])(c1ccccc1)c1ccccc1.[Ti+3]. The van der Waals surface area contributed by atoms with Gasteiger partial charge in [-0.2, -0.15) is 0 Å². The second-order valence-corrected chi connectivity index (χ2v) is 16.1. The fourth-order valence-electron chi connectivity index (χ4n) is 4.19. The van der Waals surface area contributed by atoms with Crippen molar-refractivity contribution in [3.8, 4) is 0 Å². The summed E-state index contributed by atoms with van der Waals surface area (Å²) in [7, 11) is -10.9. The van der Waals surface area contributed by atoms with Gasteiger partial charge in [-0.15, -0.1) is 0 Å². The van der Waals surface area contributed by atoms with Crippen molar-refractivity contribution in [2.75, 3.05) is 0 Å². The maximum atomic E-state index is 12.1. The molecule has 1 radical (unpaired) electrons. The second-order valence-electron chi connectivity index (χ2n) is 9.67. The van der Waals surface area contributed by atoms with Crippen molar-refractivity contribution in [1.82, 2.24) is 0 Å². The molecule has 0 saturated carbocycles. The molecule has 0 unspecified atom stereocenters. The summed E-state index contributed by atoms with van der Waals surface area (Å²) < 4.78 is 36.2.